The van der Waals surface area contributed by atoms with E-state index in [0.717, 1.165) is 61.5 Å². The molecule has 0 spiro atoms. The summed E-state index contributed by atoms with van der Waals surface area (Å²) < 4.78 is 2.13. The van der Waals surface area contributed by atoms with Gasteiger partial charge >= 0.3 is 12.1 Å². The van der Waals surface area contributed by atoms with Crippen LogP contribution in [-0.4, -0.2) is 67.0 Å². The molecule has 0 aliphatic heterocycles. The van der Waals surface area contributed by atoms with Crippen LogP contribution in [0.5, 0.6) is 0 Å². The van der Waals surface area contributed by atoms with E-state index in [0.29, 0.717) is 18.8 Å². The summed E-state index contributed by atoms with van der Waals surface area (Å²) in [7, 11) is 1.77. The third-order valence-electron chi connectivity index (χ3n) is 9.18. The molecule has 0 aliphatic carbocycles. The van der Waals surface area contributed by atoms with Crippen LogP contribution in [0.3, 0.4) is 0 Å². The SMILES string of the molecule is CCCCCCCCCCCCCCCCCCNC(=O)N(C)CC(CSc1nc2c(N(CCCC)CCCC)cccc2s1)NC(N)=O. The largest absolute Gasteiger partial charge is 0.370 e. The molecule has 4 N–H and O–H groups in total. The van der Waals surface area contributed by atoms with Crippen LogP contribution in [0.25, 0.3) is 10.2 Å². The van der Waals surface area contributed by atoms with Gasteiger partial charge in [-0.05, 0) is 31.4 Å². The Bertz CT molecular complexity index is 1140. The minimum Gasteiger partial charge on any atom is -0.370 e. The summed E-state index contributed by atoms with van der Waals surface area (Å²) in [5, 5.41) is 5.89. The van der Waals surface area contributed by atoms with Gasteiger partial charge in [-0.1, -0.05) is 148 Å². The van der Waals surface area contributed by atoms with Gasteiger partial charge in [-0.3, -0.25) is 0 Å². The predicted molar refractivity (Wildman–Crippen MR) is 214 cm³/mol. The molecule has 1 atom stereocenters. The highest BCUT2D eigenvalue weighted by Gasteiger charge is 2.19. The third-order valence-corrected chi connectivity index (χ3v) is 11.5. The number of likely N-dealkylation sites (N-methyl/N-ethyl adjacent to an activating group) is 1. The molecule has 0 fully saturated rings. The van der Waals surface area contributed by atoms with E-state index in [4.69, 9.17) is 10.7 Å². The Kier molecular flexibility index (Phi) is 24.1. The molecule has 49 heavy (non-hydrogen) atoms. The molecule has 0 bridgehead atoms. The zero-order valence-electron chi connectivity index (χ0n) is 31.5. The number of urea groups is 2. The Morgan fingerprint density at radius 1 is 0.796 bits per heavy atom. The number of unbranched alkanes of at least 4 members (excludes halogenated alkanes) is 17. The van der Waals surface area contributed by atoms with Crippen LogP contribution in [0.4, 0.5) is 15.3 Å². The maximum atomic E-state index is 12.8. The van der Waals surface area contributed by atoms with E-state index in [1.165, 1.54) is 100 Å². The first-order chi connectivity index (χ1) is 23.9. The molecule has 1 unspecified atom stereocenters. The van der Waals surface area contributed by atoms with E-state index in [2.05, 4.69) is 54.5 Å². The van der Waals surface area contributed by atoms with Crippen molar-refractivity contribution in [2.75, 3.05) is 43.9 Å². The van der Waals surface area contributed by atoms with Crippen molar-refractivity contribution < 1.29 is 9.59 Å². The van der Waals surface area contributed by atoms with Gasteiger partial charge in [0.05, 0.1) is 16.4 Å². The Morgan fingerprint density at radius 2 is 1.33 bits per heavy atom. The summed E-state index contributed by atoms with van der Waals surface area (Å²) in [6.45, 7) is 9.86. The number of nitrogens with one attached hydrogen (secondary N) is 2. The van der Waals surface area contributed by atoms with E-state index in [-0.39, 0.29) is 12.1 Å². The first-order valence-electron chi connectivity index (χ1n) is 19.7. The number of anilines is 1. The van der Waals surface area contributed by atoms with Crippen LogP contribution >= 0.6 is 23.1 Å². The molecule has 10 heteroatoms. The topological polar surface area (TPSA) is 104 Å². The number of hydrogen-bond acceptors (Lipinski definition) is 6. The monoisotopic (exact) mass is 719 g/mol. The van der Waals surface area contributed by atoms with Crippen molar-refractivity contribution in [3.05, 3.63) is 18.2 Å². The molecule has 2 rings (SSSR count). The molecule has 280 valence electrons. The molecule has 8 nitrogen and oxygen atoms in total. The zero-order chi connectivity index (χ0) is 35.5. The van der Waals surface area contributed by atoms with E-state index in [1.807, 2.05) is 0 Å². The van der Waals surface area contributed by atoms with Crippen molar-refractivity contribution >= 4 is 51.1 Å². The maximum absolute atomic E-state index is 12.8. The van der Waals surface area contributed by atoms with Gasteiger partial charge in [0.2, 0.25) is 0 Å². The van der Waals surface area contributed by atoms with Crippen LogP contribution in [0, 0.1) is 0 Å². The molecule has 1 aromatic carbocycles. The predicted octanol–water partition coefficient (Wildman–Crippen LogP) is 10.7. The van der Waals surface area contributed by atoms with Crippen molar-refractivity contribution in [1.82, 2.24) is 20.5 Å². The van der Waals surface area contributed by atoms with Crippen molar-refractivity contribution in [2.24, 2.45) is 5.73 Å². The highest BCUT2D eigenvalue weighted by Crippen LogP contribution is 2.35. The number of nitrogens with zero attached hydrogens (tertiary/aromatic N) is 3. The van der Waals surface area contributed by atoms with Crippen LogP contribution in [0.2, 0.25) is 0 Å². The lowest BCUT2D eigenvalue weighted by molar-refractivity contribution is 0.203. The molecule has 0 saturated carbocycles. The fraction of sp³-hybridized carbons (Fsp3) is 0.769. The maximum Gasteiger partial charge on any atom is 0.317 e. The summed E-state index contributed by atoms with van der Waals surface area (Å²) in [5.74, 6) is 0.574. The van der Waals surface area contributed by atoms with E-state index in [9.17, 15) is 9.59 Å². The number of primary amides is 1. The minimum absolute atomic E-state index is 0.119. The van der Waals surface area contributed by atoms with E-state index in [1.54, 1.807) is 35.0 Å². The van der Waals surface area contributed by atoms with Crippen LogP contribution in [-0.2, 0) is 0 Å². The number of rotatable bonds is 30. The molecular weight excluding hydrogens is 649 g/mol. The number of carbonyl (C=O) groups excluding carboxylic acids is 2. The Balaban J connectivity index is 1.67. The second kappa shape index (κ2) is 27.5. The number of thiazole rings is 1. The number of fused-ring (bicyclic) bond motifs is 1. The average Bonchev–Trinajstić information content (AvgIpc) is 3.52. The molecule has 0 saturated heterocycles. The van der Waals surface area contributed by atoms with Gasteiger partial charge in [0.15, 0.2) is 4.34 Å². The van der Waals surface area contributed by atoms with Gasteiger partial charge in [0.1, 0.15) is 5.52 Å². The van der Waals surface area contributed by atoms with Crippen molar-refractivity contribution in [1.29, 1.82) is 0 Å². The Hall–Kier alpha value is -2.20. The fourth-order valence-corrected chi connectivity index (χ4v) is 8.33. The number of hydrogen-bond donors (Lipinski definition) is 3. The van der Waals surface area contributed by atoms with Gasteiger partial charge in [-0.15, -0.1) is 11.3 Å². The van der Waals surface area contributed by atoms with Gasteiger partial charge in [0, 0.05) is 39.0 Å². The van der Waals surface area contributed by atoms with E-state index < -0.39 is 6.03 Å². The van der Waals surface area contributed by atoms with Crippen molar-refractivity contribution in [3.8, 4) is 0 Å². The van der Waals surface area contributed by atoms with E-state index >= 15 is 0 Å². The molecule has 2 aromatic rings. The summed E-state index contributed by atoms with van der Waals surface area (Å²) in [4.78, 5) is 33.8. The summed E-state index contributed by atoms with van der Waals surface area (Å²) >= 11 is 3.29. The lowest BCUT2D eigenvalue weighted by Gasteiger charge is -2.25. The quantitative estimate of drug-likeness (QED) is 0.0551. The van der Waals surface area contributed by atoms with Crippen LogP contribution in [0.15, 0.2) is 22.5 Å². The second-order valence-electron chi connectivity index (χ2n) is 13.7. The van der Waals surface area contributed by atoms with Crippen molar-refractivity contribution in [3.63, 3.8) is 0 Å². The number of nitrogens with two attached hydrogens (primary N) is 1. The van der Waals surface area contributed by atoms with Gasteiger partial charge in [-0.2, -0.15) is 0 Å². The number of carbonyl (C=O) groups is 2. The smallest absolute Gasteiger partial charge is 0.317 e. The highest BCUT2D eigenvalue weighted by atomic mass is 32.2. The fourth-order valence-electron chi connectivity index (χ4n) is 6.21. The summed E-state index contributed by atoms with van der Waals surface area (Å²) in [6.07, 6.45) is 26.0. The normalized spacial score (nSPS) is 11.9. The molecule has 1 aromatic heterocycles. The Labute approximate surface area is 307 Å². The molecule has 0 aliphatic rings. The van der Waals surface area contributed by atoms with Crippen LogP contribution < -0.4 is 21.3 Å². The summed E-state index contributed by atoms with van der Waals surface area (Å²) in [6, 6.07) is 5.46. The molecule has 1 heterocycles. The van der Waals surface area contributed by atoms with Gasteiger partial charge in [0.25, 0.3) is 0 Å². The number of para-hydroxylation sites is 1. The van der Waals surface area contributed by atoms with Crippen LogP contribution in [0.1, 0.15) is 149 Å². The third kappa shape index (κ3) is 19.1. The van der Waals surface area contributed by atoms with Crippen molar-refractivity contribution in [2.45, 2.75) is 160 Å². The molecular formula is C39H70N6O2S2. The average molecular weight is 719 g/mol. The standard InChI is InChI=1S/C39H70N6O2S2/c1-5-8-11-12-13-14-15-16-17-18-19-20-21-22-23-24-28-41-38(47)44(4)31-33(42-37(40)46)32-48-39-43-36-34(26-25-27-35(36)49-39)45(29-9-6-2)30-10-7-3/h25-27,33H,5-24,28-32H2,1-4H3,(H,41,47)(H3,40,42,46). The number of thioether (sulfide) groups is 1. The highest BCUT2D eigenvalue weighted by molar-refractivity contribution is 8.01. The number of amides is 4. The lowest BCUT2D eigenvalue weighted by Crippen LogP contribution is -2.49. The molecule has 4 amide bonds. The first-order valence-corrected chi connectivity index (χ1v) is 21.5. The molecule has 0 radical (unpaired) electrons. The lowest BCUT2D eigenvalue weighted by atomic mass is 10.0. The Morgan fingerprint density at radius 3 is 1.86 bits per heavy atom. The minimum atomic E-state index is -0.582. The summed E-state index contributed by atoms with van der Waals surface area (Å²) in [5.41, 5.74) is 7.77. The van der Waals surface area contributed by atoms with Gasteiger partial charge in [-0.25, -0.2) is 14.6 Å². The number of benzene rings is 1. The second-order valence-corrected chi connectivity index (χ2v) is 16.0. The first kappa shape index (κ1) is 43.0. The number of aromatic nitrogens is 1. The zero-order valence-corrected chi connectivity index (χ0v) is 33.2. The van der Waals surface area contributed by atoms with Gasteiger partial charge < -0.3 is 26.2 Å².